The van der Waals surface area contributed by atoms with E-state index in [2.05, 4.69) is 0 Å². The maximum Gasteiger partial charge on any atom is 0.153 e. The van der Waals surface area contributed by atoms with E-state index in [4.69, 9.17) is 10.5 Å². The van der Waals surface area contributed by atoms with Gasteiger partial charge < -0.3 is 10.5 Å². The van der Waals surface area contributed by atoms with Gasteiger partial charge in [0.2, 0.25) is 0 Å². The smallest absolute Gasteiger partial charge is 0.153 e. The molecule has 0 aliphatic heterocycles. The third kappa shape index (κ3) is 4.21. The normalized spacial score (nSPS) is 13.5. The fourth-order valence-electron chi connectivity index (χ4n) is 1.41. The molecule has 1 aromatic rings. The zero-order valence-corrected chi connectivity index (χ0v) is 12.9. The Bertz CT molecular complexity index is 567. The number of sulfone groups is 1. The molecule has 5 nitrogen and oxygen atoms in total. The molecule has 7 heteroatoms. The zero-order valence-electron chi connectivity index (χ0n) is 11.3. The predicted octanol–water partition coefficient (Wildman–Crippen LogP) is 1.21. The third-order valence-corrected chi connectivity index (χ3v) is 6.58. The summed E-state index contributed by atoms with van der Waals surface area (Å²) in [6.07, 6.45) is 0. The number of benzene rings is 1. The zero-order chi connectivity index (χ0) is 14.6. The molecule has 0 amide bonds. The van der Waals surface area contributed by atoms with Crippen LogP contribution in [0.1, 0.15) is 13.8 Å². The van der Waals surface area contributed by atoms with E-state index in [1.807, 2.05) is 0 Å². The van der Waals surface area contributed by atoms with E-state index in [0.29, 0.717) is 16.3 Å². The second kappa shape index (κ2) is 6.38. The summed E-state index contributed by atoms with van der Waals surface area (Å²) in [4.78, 5) is 0.468. The van der Waals surface area contributed by atoms with Gasteiger partial charge in [0.15, 0.2) is 9.84 Å². The van der Waals surface area contributed by atoms with Crippen LogP contribution in [0.2, 0.25) is 0 Å². The lowest BCUT2D eigenvalue weighted by Crippen LogP contribution is -2.21. The lowest BCUT2D eigenvalue weighted by Gasteiger charge is -2.10. The molecule has 0 aromatic heterocycles. The number of rotatable bonds is 6. The number of nitrogen functional groups attached to an aromatic ring is 1. The van der Waals surface area contributed by atoms with Gasteiger partial charge in [-0.15, -0.1) is 0 Å². The lowest BCUT2D eigenvalue weighted by molar-refractivity contribution is 0.404. The Morgan fingerprint density at radius 2 is 2.00 bits per heavy atom. The highest BCUT2D eigenvalue weighted by Crippen LogP contribution is 2.25. The Balaban J connectivity index is 2.85. The van der Waals surface area contributed by atoms with Crippen LogP contribution in [0, 0.1) is 0 Å². The quantitative estimate of drug-likeness (QED) is 0.798. The van der Waals surface area contributed by atoms with Gasteiger partial charge in [-0.25, -0.2) is 8.42 Å². The topological polar surface area (TPSA) is 86.5 Å². The van der Waals surface area contributed by atoms with Crippen LogP contribution in [-0.4, -0.2) is 36.5 Å². The van der Waals surface area contributed by atoms with Crippen molar-refractivity contribution >= 4 is 26.3 Å². The molecule has 0 saturated heterocycles. The molecule has 2 N–H and O–H groups in total. The second-order valence-corrected chi connectivity index (χ2v) is 8.59. The van der Waals surface area contributed by atoms with Crippen LogP contribution in [0.15, 0.2) is 23.1 Å². The van der Waals surface area contributed by atoms with Crippen molar-refractivity contribution in [1.29, 1.82) is 0 Å². The highest BCUT2D eigenvalue weighted by molar-refractivity contribution is 7.93. The van der Waals surface area contributed by atoms with Crippen molar-refractivity contribution in [1.82, 2.24) is 0 Å². The van der Waals surface area contributed by atoms with E-state index in [0.717, 1.165) is 0 Å². The Labute approximate surface area is 116 Å². The van der Waals surface area contributed by atoms with Crippen molar-refractivity contribution in [2.75, 3.05) is 24.3 Å². The van der Waals surface area contributed by atoms with Crippen LogP contribution in [0.25, 0.3) is 0 Å². The van der Waals surface area contributed by atoms with Crippen LogP contribution in [0.4, 0.5) is 5.69 Å². The maximum atomic E-state index is 12.1. The first-order valence-electron chi connectivity index (χ1n) is 5.81. The monoisotopic (exact) mass is 305 g/mol. The van der Waals surface area contributed by atoms with Gasteiger partial charge in [0.25, 0.3) is 0 Å². The van der Waals surface area contributed by atoms with Gasteiger partial charge in [-0.05, 0) is 26.0 Å². The van der Waals surface area contributed by atoms with E-state index in [-0.39, 0.29) is 11.5 Å². The molecule has 0 spiro atoms. The van der Waals surface area contributed by atoms with Gasteiger partial charge in [0.1, 0.15) is 5.75 Å². The SMILES string of the molecule is COc1cc(N)ccc1S(=O)CCS(=O)(=O)C(C)C. The Hall–Kier alpha value is -1.08. The molecular formula is C12H19NO4S2. The molecule has 1 aromatic carbocycles. The summed E-state index contributed by atoms with van der Waals surface area (Å²) in [5, 5.41) is -0.460. The number of ether oxygens (including phenoxy) is 1. The second-order valence-electron chi connectivity index (χ2n) is 4.38. The average molecular weight is 305 g/mol. The van der Waals surface area contributed by atoms with E-state index in [1.54, 1.807) is 32.0 Å². The third-order valence-electron chi connectivity index (χ3n) is 2.70. The van der Waals surface area contributed by atoms with Gasteiger partial charge in [0, 0.05) is 17.5 Å². The molecule has 1 atom stereocenters. The number of anilines is 1. The summed E-state index contributed by atoms with van der Waals surface area (Å²) in [7, 11) is -3.15. The summed E-state index contributed by atoms with van der Waals surface area (Å²) >= 11 is 0. The van der Waals surface area contributed by atoms with Crippen LogP contribution in [0.3, 0.4) is 0 Å². The van der Waals surface area contributed by atoms with Gasteiger partial charge in [-0.3, -0.25) is 4.21 Å². The molecule has 0 aliphatic rings. The van der Waals surface area contributed by atoms with Crippen LogP contribution < -0.4 is 10.5 Å². The van der Waals surface area contributed by atoms with E-state index >= 15 is 0 Å². The van der Waals surface area contributed by atoms with Crippen molar-refractivity contribution in [3.05, 3.63) is 18.2 Å². The van der Waals surface area contributed by atoms with Crippen molar-refractivity contribution < 1.29 is 17.4 Å². The predicted molar refractivity (Wildman–Crippen MR) is 77.6 cm³/mol. The van der Waals surface area contributed by atoms with Crippen LogP contribution in [0.5, 0.6) is 5.75 Å². The summed E-state index contributed by atoms with van der Waals surface area (Å²) < 4.78 is 40.6. The van der Waals surface area contributed by atoms with Gasteiger partial charge >= 0.3 is 0 Å². The molecule has 19 heavy (non-hydrogen) atoms. The van der Waals surface area contributed by atoms with Gasteiger partial charge in [-0.2, -0.15) is 0 Å². The molecule has 1 rings (SSSR count). The van der Waals surface area contributed by atoms with E-state index < -0.39 is 25.9 Å². The maximum absolute atomic E-state index is 12.1. The summed E-state index contributed by atoms with van der Waals surface area (Å²) in [6.45, 7) is 3.23. The van der Waals surface area contributed by atoms with Crippen molar-refractivity contribution in [3.63, 3.8) is 0 Å². The first-order chi connectivity index (χ1) is 8.77. The minimum Gasteiger partial charge on any atom is -0.495 e. The summed E-state index contributed by atoms with van der Waals surface area (Å²) in [6, 6.07) is 4.79. The molecule has 0 bridgehead atoms. The molecule has 0 saturated carbocycles. The number of hydrogen-bond acceptors (Lipinski definition) is 5. The molecular weight excluding hydrogens is 286 g/mol. The first-order valence-corrected chi connectivity index (χ1v) is 8.85. The molecule has 1 unspecified atom stereocenters. The minimum atomic E-state index is -3.19. The lowest BCUT2D eigenvalue weighted by atomic mass is 10.3. The number of methoxy groups -OCH3 is 1. The largest absolute Gasteiger partial charge is 0.495 e. The van der Waals surface area contributed by atoms with E-state index in [1.165, 1.54) is 7.11 Å². The van der Waals surface area contributed by atoms with Crippen molar-refractivity contribution in [2.24, 2.45) is 0 Å². The highest BCUT2D eigenvalue weighted by Gasteiger charge is 2.19. The molecule has 0 radical (unpaired) electrons. The fraction of sp³-hybridized carbons (Fsp3) is 0.500. The standard InChI is InChI=1S/C12H19NO4S2/c1-9(2)19(15,16)7-6-18(14)12-5-4-10(13)8-11(12)17-3/h4-5,8-9H,6-7,13H2,1-3H3. The Kier molecular flexibility index (Phi) is 5.37. The Morgan fingerprint density at radius 3 is 2.53 bits per heavy atom. The summed E-state index contributed by atoms with van der Waals surface area (Å²) in [5.41, 5.74) is 6.12. The van der Waals surface area contributed by atoms with Crippen LogP contribution >= 0.6 is 0 Å². The minimum absolute atomic E-state index is 0.0563. The molecule has 108 valence electrons. The van der Waals surface area contributed by atoms with Crippen molar-refractivity contribution in [2.45, 2.75) is 24.0 Å². The molecule has 0 fully saturated rings. The van der Waals surface area contributed by atoms with Gasteiger partial charge in [-0.1, -0.05) is 0 Å². The number of hydrogen-bond donors (Lipinski definition) is 1. The van der Waals surface area contributed by atoms with Crippen LogP contribution in [-0.2, 0) is 20.6 Å². The Morgan fingerprint density at radius 1 is 1.37 bits per heavy atom. The molecule has 0 aliphatic carbocycles. The number of nitrogens with two attached hydrogens (primary N) is 1. The van der Waals surface area contributed by atoms with Gasteiger partial charge in [0.05, 0.1) is 33.8 Å². The fourth-order valence-corrected chi connectivity index (χ4v) is 4.22. The first kappa shape index (κ1) is 16.0. The van der Waals surface area contributed by atoms with Crippen molar-refractivity contribution in [3.8, 4) is 5.75 Å². The van der Waals surface area contributed by atoms with E-state index in [9.17, 15) is 12.6 Å². The average Bonchev–Trinajstić information content (AvgIpc) is 2.35. The highest BCUT2D eigenvalue weighted by atomic mass is 32.2. The summed E-state index contributed by atoms with van der Waals surface area (Å²) in [5.74, 6) is 0.367. The molecule has 0 heterocycles.